The molecule has 0 saturated carbocycles. The van der Waals surface area contributed by atoms with Crippen LogP contribution in [0.25, 0.3) is 0 Å². The minimum Gasteiger partial charge on any atom is -0.457 e. The zero-order valence-electron chi connectivity index (χ0n) is 8.44. The summed E-state index contributed by atoms with van der Waals surface area (Å²) in [6.45, 7) is 4.85. The topological polar surface area (TPSA) is 91.0 Å². The molecule has 14 heavy (non-hydrogen) atoms. The first kappa shape index (κ1) is 12.4. The van der Waals surface area contributed by atoms with E-state index in [9.17, 15) is 9.59 Å². The molecule has 80 valence electrons. The van der Waals surface area contributed by atoms with Gasteiger partial charge in [0.2, 0.25) is 6.61 Å². The Kier molecular flexibility index (Phi) is 4.62. The van der Waals surface area contributed by atoms with Crippen molar-refractivity contribution in [1.29, 1.82) is 0 Å². The Morgan fingerprint density at radius 3 is 2.43 bits per heavy atom. The Labute approximate surface area is 82.0 Å². The molecule has 0 rings (SSSR count). The highest BCUT2D eigenvalue weighted by atomic mass is 16.7. The van der Waals surface area contributed by atoms with Gasteiger partial charge < -0.3 is 15.3 Å². The van der Waals surface area contributed by atoms with Gasteiger partial charge in [-0.25, -0.2) is 4.79 Å². The third kappa shape index (κ3) is 8.51. The van der Waals surface area contributed by atoms with Crippen molar-refractivity contribution < 1.29 is 19.2 Å². The van der Waals surface area contributed by atoms with Gasteiger partial charge >= 0.3 is 5.97 Å². The first-order chi connectivity index (χ1) is 6.31. The van der Waals surface area contributed by atoms with Crippen molar-refractivity contribution in [2.45, 2.75) is 26.4 Å². The number of carbonyl (C=O) groups excluding carboxylic acids is 2. The van der Waals surface area contributed by atoms with Crippen molar-refractivity contribution in [3.63, 3.8) is 0 Å². The standard InChI is InChI=1S/C8H14N2O4/c1-8(2,3)14-7(12)5-13-10-4-6(9)11/h4H,5H2,1-3H3,(H2,9,11)/b10-4+. The summed E-state index contributed by atoms with van der Waals surface area (Å²) in [6.07, 6.45) is 0.768. The average Bonchev–Trinajstić information content (AvgIpc) is 1.94. The second-order valence-electron chi connectivity index (χ2n) is 3.50. The molecule has 0 fully saturated rings. The van der Waals surface area contributed by atoms with E-state index >= 15 is 0 Å². The smallest absolute Gasteiger partial charge is 0.347 e. The molecule has 0 heterocycles. The summed E-state index contributed by atoms with van der Waals surface area (Å²) in [6, 6.07) is 0. The van der Waals surface area contributed by atoms with E-state index in [-0.39, 0.29) is 6.61 Å². The second kappa shape index (κ2) is 5.21. The molecule has 0 saturated heterocycles. The molecule has 0 aliphatic heterocycles. The number of nitrogens with two attached hydrogens (primary N) is 1. The molecule has 0 spiro atoms. The third-order valence-electron chi connectivity index (χ3n) is 0.857. The van der Waals surface area contributed by atoms with Gasteiger partial charge in [0.1, 0.15) is 11.8 Å². The quantitative estimate of drug-likeness (QED) is 0.389. The molecule has 0 atom stereocenters. The van der Waals surface area contributed by atoms with Crippen molar-refractivity contribution in [2.24, 2.45) is 10.9 Å². The zero-order chi connectivity index (χ0) is 11.2. The summed E-state index contributed by atoms with van der Waals surface area (Å²) in [7, 11) is 0. The van der Waals surface area contributed by atoms with Crippen LogP contribution in [0, 0.1) is 0 Å². The van der Waals surface area contributed by atoms with Crippen molar-refractivity contribution in [3.05, 3.63) is 0 Å². The molecule has 0 aliphatic carbocycles. The van der Waals surface area contributed by atoms with E-state index in [2.05, 4.69) is 9.99 Å². The lowest BCUT2D eigenvalue weighted by Gasteiger charge is -2.18. The molecule has 0 aromatic carbocycles. The largest absolute Gasteiger partial charge is 0.457 e. The van der Waals surface area contributed by atoms with Crippen molar-refractivity contribution in [1.82, 2.24) is 0 Å². The normalized spacial score (nSPS) is 11.4. The molecule has 0 aromatic heterocycles. The lowest BCUT2D eigenvalue weighted by Crippen LogP contribution is -2.26. The number of hydrogen-bond donors (Lipinski definition) is 1. The Bertz CT molecular complexity index is 242. The fourth-order valence-electron chi connectivity index (χ4n) is 0.550. The third-order valence-corrected chi connectivity index (χ3v) is 0.857. The summed E-state index contributed by atoms with van der Waals surface area (Å²) >= 11 is 0. The molecule has 6 heteroatoms. The number of rotatable bonds is 4. The molecule has 6 nitrogen and oxygen atoms in total. The van der Waals surface area contributed by atoms with E-state index in [1.807, 2.05) is 0 Å². The molecule has 0 aliphatic rings. The Morgan fingerprint density at radius 2 is 2.00 bits per heavy atom. The number of carbonyl (C=O) groups is 2. The Hall–Kier alpha value is -1.59. The number of esters is 1. The van der Waals surface area contributed by atoms with Crippen molar-refractivity contribution >= 4 is 18.1 Å². The van der Waals surface area contributed by atoms with Crippen molar-refractivity contribution in [2.75, 3.05) is 6.61 Å². The van der Waals surface area contributed by atoms with Gasteiger partial charge in [-0.15, -0.1) is 0 Å². The van der Waals surface area contributed by atoms with Gasteiger partial charge in [0.25, 0.3) is 5.91 Å². The number of amides is 1. The number of nitrogens with zero attached hydrogens (tertiary/aromatic N) is 1. The predicted octanol–water partition coefficient (Wildman–Crippen LogP) is -0.184. The minimum atomic E-state index is -0.741. The number of ether oxygens (including phenoxy) is 1. The van der Waals surface area contributed by atoms with Gasteiger partial charge in [0.15, 0.2) is 0 Å². The maximum atomic E-state index is 11.0. The van der Waals surface area contributed by atoms with E-state index in [0.717, 1.165) is 6.21 Å². The fourth-order valence-corrected chi connectivity index (χ4v) is 0.550. The zero-order valence-corrected chi connectivity index (χ0v) is 8.44. The Balaban J connectivity index is 3.71. The van der Waals surface area contributed by atoms with Gasteiger partial charge in [-0.2, -0.15) is 0 Å². The second-order valence-corrected chi connectivity index (χ2v) is 3.50. The van der Waals surface area contributed by atoms with E-state index in [1.165, 1.54) is 0 Å². The van der Waals surface area contributed by atoms with Crippen LogP contribution < -0.4 is 5.73 Å². The number of hydrogen-bond acceptors (Lipinski definition) is 5. The highest BCUT2D eigenvalue weighted by Crippen LogP contribution is 2.06. The maximum absolute atomic E-state index is 11.0. The summed E-state index contributed by atoms with van der Waals surface area (Å²) in [4.78, 5) is 25.6. The van der Waals surface area contributed by atoms with Crippen molar-refractivity contribution in [3.8, 4) is 0 Å². The van der Waals surface area contributed by atoms with Gasteiger partial charge in [0, 0.05) is 0 Å². The van der Waals surface area contributed by atoms with Gasteiger partial charge in [-0.3, -0.25) is 4.79 Å². The highest BCUT2D eigenvalue weighted by Gasteiger charge is 2.16. The summed E-state index contributed by atoms with van der Waals surface area (Å²) < 4.78 is 4.89. The van der Waals surface area contributed by atoms with E-state index in [1.54, 1.807) is 20.8 Å². The van der Waals surface area contributed by atoms with Crippen LogP contribution in [0.15, 0.2) is 5.16 Å². The van der Waals surface area contributed by atoms with Crippen LogP contribution in [-0.4, -0.2) is 30.3 Å². The lowest BCUT2D eigenvalue weighted by molar-refractivity contribution is -0.160. The van der Waals surface area contributed by atoms with E-state index in [0.29, 0.717) is 0 Å². The van der Waals surface area contributed by atoms with E-state index in [4.69, 9.17) is 10.5 Å². The fraction of sp³-hybridized carbons (Fsp3) is 0.625. The van der Waals surface area contributed by atoms with Crippen LogP contribution in [0.5, 0.6) is 0 Å². The van der Waals surface area contributed by atoms with Crippen LogP contribution in [0.4, 0.5) is 0 Å². The van der Waals surface area contributed by atoms with Crippen LogP contribution >= 0.6 is 0 Å². The number of oxime groups is 1. The maximum Gasteiger partial charge on any atom is 0.347 e. The van der Waals surface area contributed by atoms with Gasteiger partial charge in [0.05, 0.1) is 0 Å². The predicted molar refractivity (Wildman–Crippen MR) is 49.5 cm³/mol. The van der Waals surface area contributed by atoms with Gasteiger partial charge in [-0.1, -0.05) is 5.16 Å². The minimum absolute atomic E-state index is 0.346. The molecule has 2 N–H and O–H groups in total. The summed E-state index contributed by atoms with van der Waals surface area (Å²) in [5.74, 6) is -1.30. The monoisotopic (exact) mass is 202 g/mol. The molecule has 0 radical (unpaired) electrons. The molecule has 0 unspecified atom stereocenters. The molecule has 0 aromatic rings. The SMILES string of the molecule is CC(C)(C)OC(=O)CO/N=C/C(N)=O. The van der Waals surface area contributed by atoms with Crippen LogP contribution in [-0.2, 0) is 19.2 Å². The van der Waals surface area contributed by atoms with E-state index < -0.39 is 17.5 Å². The van der Waals surface area contributed by atoms with Crippen LogP contribution in [0.2, 0.25) is 0 Å². The highest BCUT2D eigenvalue weighted by molar-refractivity contribution is 6.25. The molecule has 0 bridgehead atoms. The lowest BCUT2D eigenvalue weighted by atomic mass is 10.2. The molecular weight excluding hydrogens is 188 g/mol. The number of primary amides is 1. The molecular formula is C8H14N2O4. The summed E-state index contributed by atoms with van der Waals surface area (Å²) in [5.41, 5.74) is 4.17. The van der Waals surface area contributed by atoms with Gasteiger partial charge in [-0.05, 0) is 20.8 Å². The Morgan fingerprint density at radius 1 is 1.43 bits per heavy atom. The average molecular weight is 202 g/mol. The van der Waals surface area contributed by atoms with Crippen LogP contribution in [0.3, 0.4) is 0 Å². The first-order valence-corrected chi connectivity index (χ1v) is 3.98. The molecule has 1 amide bonds. The first-order valence-electron chi connectivity index (χ1n) is 3.98. The summed E-state index contributed by atoms with van der Waals surface area (Å²) in [5, 5.41) is 3.14. The van der Waals surface area contributed by atoms with Crippen LogP contribution in [0.1, 0.15) is 20.8 Å².